The number of hydrogen-bond acceptors (Lipinski definition) is 0. The van der Waals surface area contributed by atoms with E-state index in [-0.39, 0.29) is 0 Å². The van der Waals surface area contributed by atoms with E-state index in [9.17, 15) is 0 Å². The van der Waals surface area contributed by atoms with Crippen molar-refractivity contribution in [1.82, 2.24) is 0 Å². The standard InChI is InChI=1S/C48H30/c1-2-12-31(13-3-1)45-28-34-25-27-36(30-46(34)39-17-7-6-16-38(39)45)48-42-20-10-8-18-40(42)47(41-19-9-11-21-43(41)48)35-26-24-33-23-22-32-14-4-5-15-37(32)44(33)29-35/h1-30H. The van der Waals surface area contributed by atoms with E-state index < -0.39 is 0 Å². The molecule has 10 aromatic rings. The zero-order valence-corrected chi connectivity index (χ0v) is 26.3. The van der Waals surface area contributed by atoms with Crippen LogP contribution >= 0.6 is 0 Å². The van der Waals surface area contributed by atoms with Gasteiger partial charge < -0.3 is 0 Å². The summed E-state index contributed by atoms with van der Waals surface area (Å²) < 4.78 is 0. The summed E-state index contributed by atoms with van der Waals surface area (Å²) in [7, 11) is 0. The lowest BCUT2D eigenvalue weighted by atomic mass is 9.84. The van der Waals surface area contributed by atoms with Gasteiger partial charge in [0.15, 0.2) is 0 Å². The molecule has 0 heteroatoms. The van der Waals surface area contributed by atoms with Crippen LogP contribution in [0.15, 0.2) is 182 Å². The molecular weight excluding hydrogens is 577 g/mol. The summed E-state index contributed by atoms with van der Waals surface area (Å²) in [6.45, 7) is 0. The van der Waals surface area contributed by atoms with Crippen molar-refractivity contribution in [1.29, 1.82) is 0 Å². The van der Waals surface area contributed by atoms with Gasteiger partial charge in [-0.15, -0.1) is 0 Å². The highest BCUT2D eigenvalue weighted by molar-refractivity contribution is 6.23. The van der Waals surface area contributed by atoms with Gasteiger partial charge in [-0.05, 0) is 116 Å². The van der Waals surface area contributed by atoms with Crippen molar-refractivity contribution >= 4 is 64.6 Å². The SMILES string of the molecule is c1ccc(-c2cc3ccc(-c4c5ccccc5c(-c5ccc6ccc7ccccc7c6c5)c5ccccc45)cc3c3ccccc23)cc1. The molecule has 0 spiro atoms. The molecule has 0 aromatic heterocycles. The fraction of sp³-hybridized carbons (Fsp3) is 0. The zero-order valence-electron chi connectivity index (χ0n) is 26.3. The summed E-state index contributed by atoms with van der Waals surface area (Å²) in [5, 5.41) is 15.3. The van der Waals surface area contributed by atoms with Gasteiger partial charge in [0.2, 0.25) is 0 Å². The topological polar surface area (TPSA) is 0 Å². The first-order valence-electron chi connectivity index (χ1n) is 16.7. The summed E-state index contributed by atoms with van der Waals surface area (Å²) in [5.41, 5.74) is 7.58. The van der Waals surface area contributed by atoms with Crippen molar-refractivity contribution in [3.05, 3.63) is 182 Å². The predicted molar refractivity (Wildman–Crippen MR) is 208 cm³/mol. The average Bonchev–Trinajstić information content (AvgIpc) is 3.16. The molecule has 0 heterocycles. The Morgan fingerprint density at radius 1 is 0.208 bits per heavy atom. The van der Waals surface area contributed by atoms with Gasteiger partial charge in [0, 0.05) is 0 Å². The second-order valence-electron chi connectivity index (χ2n) is 12.8. The molecule has 10 aromatic carbocycles. The second kappa shape index (κ2) is 10.7. The Labute approximate surface area is 279 Å². The molecule has 0 nitrogen and oxygen atoms in total. The summed E-state index contributed by atoms with van der Waals surface area (Å²) in [5.74, 6) is 0. The van der Waals surface area contributed by atoms with Crippen molar-refractivity contribution in [2.45, 2.75) is 0 Å². The number of rotatable bonds is 3. The van der Waals surface area contributed by atoms with Crippen LogP contribution in [0.5, 0.6) is 0 Å². The van der Waals surface area contributed by atoms with Crippen LogP contribution in [0, 0.1) is 0 Å². The lowest BCUT2D eigenvalue weighted by Crippen LogP contribution is -1.91. The van der Waals surface area contributed by atoms with Crippen LogP contribution in [-0.4, -0.2) is 0 Å². The molecule has 0 N–H and O–H groups in total. The summed E-state index contributed by atoms with van der Waals surface area (Å²) >= 11 is 0. The average molecular weight is 607 g/mol. The molecular formula is C48H30. The van der Waals surface area contributed by atoms with Gasteiger partial charge in [-0.25, -0.2) is 0 Å². The normalized spacial score (nSPS) is 11.8. The van der Waals surface area contributed by atoms with Crippen molar-refractivity contribution in [3.63, 3.8) is 0 Å². The first-order valence-corrected chi connectivity index (χ1v) is 16.7. The molecule has 0 amide bonds. The quantitative estimate of drug-likeness (QED) is 0.139. The Morgan fingerprint density at radius 3 is 1.23 bits per heavy atom. The molecule has 0 atom stereocenters. The van der Waals surface area contributed by atoms with E-state index in [1.165, 1.54) is 98.0 Å². The number of benzene rings is 10. The monoisotopic (exact) mass is 606 g/mol. The maximum absolute atomic E-state index is 2.42. The van der Waals surface area contributed by atoms with Crippen molar-refractivity contribution in [3.8, 4) is 33.4 Å². The van der Waals surface area contributed by atoms with Gasteiger partial charge in [-0.3, -0.25) is 0 Å². The lowest BCUT2D eigenvalue weighted by molar-refractivity contribution is 1.66. The van der Waals surface area contributed by atoms with Crippen LogP contribution in [0.3, 0.4) is 0 Å². The van der Waals surface area contributed by atoms with E-state index in [0.717, 1.165) is 0 Å². The molecule has 10 rings (SSSR count). The van der Waals surface area contributed by atoms with Crippen LogP contribution in [-0.2, 0) is 0 Å². The molecule has 48 heavy (non-hydrogen) atoms. The van der Waals surface area contributed by atoms with Gasteiger partial charge in [-0.2, -0.15) is 0 Å². The second-order valence-corrected chi connectivity index (χ2v) is 12.8. The summed E-state index contributed by atoms with van der Waals surface area (Å²) in [6, 6.07) is 67.1. The fourth-order valence-electron chi connectivity index (χ4n) is 8.02. The van der Waals surface area contributed by atoms with E-state index in [2.05, 4.69) is 182 Å². The Bertz CT molecular complexity index is 2820. The first kappa shape index (κ1) is 26.9. The third kappa shape index (κ3) is 4.10. The Kier molecular flexibility index (Phi) is 5.98. The lowest BCUT2D eigenvalue weighted by Gasteiger charge is -2.19. The predicted octanol–water partition coefficient (Wildman–Crippen LogP) is 13.6. The Hall–Kier alpha value is -6.24. The molecule has 0 aliphatic rings. The van der Waals surface area contributed by atoms with Gasteiger partial charge in [0.05, 0.1) is 0 Å². The van der Waals surface area contributed by atoms with E-state index >= 15 is 0 Å². The molecule has 0 aliphatic heterocycles. The molecule has 0 saturated carbocycles. The van der Waals surface area contributed by atoms with Crippen molar-refractivity contribution < 1.29 is 0 Å². The maximum atomic E-state index is 2.42. The van der Waals surface area contributed by atoms with E-state index in [1.54, 1.807) is 0 Å². The van der Waals surface area contributed by atoms with Crippen LogP contribution in [0.25, 0.3) is 98.0 Å². The van der Waals surface area contributed by atoms with Crippen LogP contribution in [0.4, 0.5) is 0 Å². The van der Waals surface area contributed by atoms with E-state index in [1.807, 2.05) is 0 Å². The molecule has 222 valence electrons. The molecule has 0 fully saturated rings. The summed E-state index contributed by atoms with van der Waals surface area (Å²) in [4.78, 5) is 0. The molecule has 0 unspecified atom stereocenters. The van der Waals surface area contributed by atoms with Crippen molar-refractivity contribution in [2.75, 3.05) is 0 Å². The fourth-order valence-corrected chi connectivity index (χ4v) is 8.02. The Balaban J connectivity index is 1.26. The maximum Gasteiger partial charge on any atom is -0.00261 e. The highest BCUT2D eigenvalue weighted by Crippen LogP contribution is 2.46. The number of hydrogen-bond donors (Lipinski definition) is 0. The first-order chi connectivity index (χ1) is 23.8. The van der Waals surface area contributed by atoms with Crippen molar-refractivity contribution in [2.24, 2.45) is 0 Å². The van der Waals surface area contributed by atoms with Gasteiger partial charge >= 0.3 is 0 Å². The minimum Gasteiger partial charge on any atom is -0.0622 e. The highest BCUT2D eigenvalue weighted by Gasteiger charge is 2.18. The van der Waals surface area contributed by atoms with Gasteiger partial charge in [0.1, 0.15) is 0 Å². The van der Waals surface area contributed by atoms with Crippen LogP contribution < -0.4 is 0 Å². The minimum absolute atomic E-state index is 1.24. The minimum atomic E-state index is 1.24. The third-order valence-electron chi connectivity index (χ3n) is 10.2. The highest BCUT2D eigenvalue weighted by atomic mass is 14.2. The Morgan fingerprint density at radius 2 is 0.625 bits per heavy atom. The van der Waals surface area contributed by atoms with E-state index in [0.29, 0.717) is 0 Å². The smallest absolute Gasteiger partial charge is 0.00261 e. The van der Waals surface area contributed by atoms with E-state index in [4.69, 9.17) is 0 Å². The van der Waals surface area contributed by atoms with Gasteiger partial charge in [-0.1, -0.05) is 164 Å². The van der Waals surface area contributed by atoms with Crippen LogP contribution in [0.1, 0.15) is 0 Å². The van der Waals surface area contributed by atoms with Crippen LogP contribution in [0.2, 0.25) is 0 Å². The zero-order chi connectivity index (χ0) is 31.6. The van der Waals surface area contributed by atoms with Gasteiger partial charge in [0.25, 0.3) is 0 Å². The third-order valence-corrected chi connectivity index (χ3v) is 10.2. The molecule has 0 aliphatic carbocycles. The molecule has 0 saturated heterocycles. The molecule has 0 bridgehead atoms. The number of fused-ring (bicyclic) bond motifs is 8. The molecule has 0 radical (unpaired) electrons. The largest absolute Gasteiger partial charge is 0.0622 e. The summed E-state index contributed by atoms with van der Waals surface area (Å²) in [6.07, 6.45) is 0.